The lowest BCUT2D eigenvalue weighted by Crippen LogP contribution is -2.39. The van der Waals surface area contributed by atoms with Crippen LogP contribution in [-0.2, 0) is 6.54 Å². The maximum absolute atomic E-state index is 6.29. The molecule has 2 rings (SSSR count). The molecule has 1 aromatic heterocycles. The van der Waals surface area contributed by atoms with Crippen LogP contribution in [0.1, 0.15) is 23.8 Å². The Kier molecular flexibility index (Phi) is 3.70. The van der Waals surface area contributed by atoms with Crippen LogP contribution in [0, 0.1) is 12.8 Å². The summed E-state index contributed by atoms with van der Waals surface area (Å²) in [6.45, 7) is 7.72. The molecule has 84 valence electrons. The molecule has 0 N–H and O–H groups in total. The van der Waals surface area contributed by atoms with Crippen molar-refractivity contribution >= 4 is 22.9 Å². The van der Waals surface area contributed by atoms with Gasteiger partial charge in [0.05, 0.1) is 0 Å². The smallest absolute Gasteiger partial charge is 0.0489 e. The largest absolute Gasteiger partial charge is 0.298 e. The average molecular weight is 244 g/mol. The van der Waals surface area contributed by atoms with Crippen LogP contribution >= 0.6 is 22.9 Å². The molecule has 0 saturated carbocycles. The lowest BCUT2D eigenvalue weighted by Gasteiger charge is -2.33. The first-order chi connectivity index (χ1) is 7.15. The van der Waals surface area contributed by atoms with Gasteiger partial charge in [0.15, 0.2) is 0 Å². The number of halogens is 1. The molecule has 1 aliphatic heterocycles. The van der Waals surface area contributed by atoms with E-state index in [4.69, 9.17) is 11.6 Å². The Bertz CT molecular complexity index is 323. The highest BCUT2D eigenvalue weighted by Crippen LogP contribution is 2.24. The van der Waals surface area contributed by atoms with E-state index >= 15 is 0 Å². The predicted molar refractivity (Wildman–Crippen MR) is 67.8 cm³/mol. The fourth-order valence-corrected chi connectivity index (χ4v) is 3.09. The molecule has 15 heavy (non-hydrogen) atoms. The Morgan fingerprint density at radius 3 is 3.00 bits per heavy atom. The predicted octanol–water partition coefficient (Wildman–Crippen LogP) is 3.51. The van der Waals surface area contributed by atoms with Gasteiger partial charge in [-0.25, -0.2) is 0 Å². The number of hydrogen-bond donors (Lipinski definition) is 0. The molecule has 0 aromatic carbocycles. The van der Waals surface area contributed by atoms with Gasteiger partial charge in [-0.1, -0.05) is 6.92 Å². The molecule has 2 unspecified atom stereocenters. The fraction of sp³-hybridized carbons (Fsp3) is 0.667. The first-order valence-electron chi connectivity index (χ1n) is 5.55. The van der Waals surface area contributed by atoms with Gasteiger partial charge < -0.3 is 0 Å². The Balaban J connectivity index is 1.90. The second-order valence-electron chi connectivity index (χ2n) is 4.58. The third-order valence-electron chi connectivity index (χ3n) is 3.14. The Morgan fingerprint density at radius 2 is 2.40 bits per heavy atom. The molecule has 1 fully saturated rings. The van der Waals surface area contributed by atoms with E-state index in [9.17, 15) is 0 Å². The van der Waals surface area contributed by atoms with Crippen molar-refractivity contribution in [2.45, 2.75) is 32.2 Å². The summed E-state index contributed by atoms with van der Waals surface area (Å²) in [4.78, 5) is 3.87. The van der Waals surface area contributed by atoms with Crippen molar-refractivity contribution in [3.8, 4) is 0 Å². The first-order valence-corrected chi connectivity index (χ1v) is 6.87. The summed E-state index contributed by atoms with van der Waals surface area (Å²) in [5.41, 5.74) is 1.44. The summed E-state index contributed by atoms with van der Waals surface area (Å²) in [5.74, 6) is 0.673. The van der Waals surface area contributed by atoms with Crippen molar-refractivity contribution in [3.63, 3.8) is 0 Å². The summed E-state index contributed by atoms with van der Waals surface area (Å²) in [6.07, 6.45) is 1.23. The van der Waals surface area contributed by atoms with E-state index in [0.29, 0.717) is 11.3 Å². The monoisotopic (exact) mass is 243 g/mol. The van der Waals surface area contributed by atoms with Crippen molar-refractivity contribution in [3.05, 3.63) is 21.9 Å². The Labute approximate surface area is 101 Å². The summed E-state index contributed by atoms with van der Waals surface area (Å²) in [5, 5.41) is 2.59. The minimum atomic E-state index is 0.332. The molecule has 1 nitrogen and oxygen atoms in total. The second kappa shape index (κ2) is 4.86. The highest BCUT2D eigenvalue weighted by molar-refractivity contribution is 7.10. The van der Waals surface area contributed by atoms with E-state index < -0.39 is 0 Å². The maximum atomic E-state index is 6.29. The van der Waals surface area contributed by atoms with E-state index in [-0.39, 0.29) is 0 Å². The standard InChI is InChI=1S/C12H18ClNS/c1-9-3-4-14(7-12(9)13)6-11-5-10(2)15-8-11/h5,8-9,12H,3-4,6-7H2,1-2H3. The van der Waals surface area contributed by atoms with Crippen LogP contribution in [0.4, 0.5) is 0 Å². The molecular formula is C12H18ClNS. The van der Waals surface area contributed by atoms with Crippen molar-refractivity contribution in [1.29, 1.82) is 0 Å². The number of thiophene rings is 1. The number of alkyl halides is 1. The van der Waals surface area contributed by atoms with Gasteiger partial charge in [0.1, 0.15) is 0 Å². The molecule has 0 radical (unpaired) electrons. The molecule has 1 aromatic rings. The van der Waals surface area contributed by atoms with Gasteiger partial charge >= 0.3 is 0 Å². The Morgan fingerprint density at radius 1 is 1.60 bits per heavy atom. The minimum Gasteiger partial charge on any atom is -0.298 e. The van der Waals surface area contributed by atoms with Crippen LogP contribution in [0.2, 0.25) is 0 Å². The van der Waals surface area contributed by atoms with Gasteiger partial charge in [-0.15, -0.1) is 22.9 Å². The lowest BCUT2D eigenvalue weighted by molar-refractivity contribution is 0.189. The number of hydrogen-bond acceptors (Lipinski definition) is 2. The van der Waals surface area contributed by atoms with Gasteiger partial charge in [-0.2, -0.15) is 0 Å². The van der Waals surface area contributed by atoms with Crippen LogP contribution in [0.3, 0.4) is 0 Å². The molecule has 0 spiro atoms. The third kappa shape index (κ3) is 2.96. The molecule has 2 atom stereocenters. The summed E-state index contributed by atoms with van der Waals surface area (Å²) < 4.78 is 0. The zero-order chi connectivity index (χ0) is 10.8. The molecule has 2 heterocycles. The van der Waals surface area contributed by atoms with E-state index in [0.717, 1.165) is 13.1 Å². The maximum Gasteiger partial charge on any atom is 0.0489 e. The third-order valence-corrected chi connectivity index (χ3v) is 4.62. The van der Waals surface area contributed by atoms with Gasteiger partial charge in [0, 0.05) is 23.3 Å². The number of aryl methyl sites for hydroxylation is 1. The molecule has 0 aliphatic carbocycles. The van der Waals surface area contributed by atoms with E-state index in [1.807, 2.05) is 11.3 Å². The lowest BCUT2D eigenvalue weighted by atomic mass is 9.98. The SMILES string of the molecule is Cc1cc(CN2CCC(C)C(Cl)C2)cs1. The molecule has 0 amide bonds. The average Bonchev–Trinajstić information content (AvgIpc) is 2.58. The molecule has 1 saturated heterocycles. The zero-order valence-corrected chi connectivity index (χ0v) is 10.9. The fourth-order valence-electron chi connectivity index (χ4n) is 2.07. The van der Waals surface area contributed by atoms with E-state index in [1.165, 1.54) is 23.4 Å². The number of piperidine rings is 1. The normalized spacial score (nSPS) is 28.2. The van der Waals surface area contributed by atoms with Crippen LogP contribution in [0.25, 0.3) is 0 Å². The van der Waals surface area contributed by atoms with Crippen LogP contribution in [-0.4, -0.2) is 23.4 Å². The molecule has 1 aliphatic rings. The molecular weight excluding hydrogens is 226 g/mol. The number of likely N-dealkylation sites (tertiary alicyclic amines) is 1. The van der Waals surface area contributed by atoms with Crippen molar-refractivity contribution in [2.75, 3.05) is 13.1 Å². The topological polar surface area (TPSA) is 3.24 Å². The highest BCUT2D eigenvalue weighted by atomic mass is 35.5. The first kappa shape index (κ1) is 11.4. The summed E-state index contributed by atoms with van der Waals surface area (Å²) in [7, 11) is 0. The van der Waals surface area contributed by atoms with Crippen LogP contribution in [0.5, 0.6) is 0 Å². The Hall–Kier alpha value is -0.0500. The number of rotatable bonds is 2. The van der Waals surface area contributed by atoms with E-state index in [2.05, 4.69) is 30.2 Å². The second-order valence-corrected chi connectivity index (χ2v) is 6.26. The van der Waals surface area contributed by atoms with Gasteiger partial charge in [0.25, 0.3) is 0 Å². The minimum absolute atomic E-state index is 0.332. The van der Waals surface area contributed by atoms with Gasteiger partial charge in [-0.05, 0) is 42.8 Å². The number of nitrogens with zero attached hydrogens (tertiary/aromatic N) is 1. The van der Waals surface area contributed by atoms with E-state index in [1.54, 1.807) is 0 Å². The summed E-state index contributed by atoms with van der Waals surface area (Å²) in [6, 6.07) is 2.28. The van der Waals surface area contributed by atoms with Gasteiger partial charge in [-0.3, -0.25) is 4.90 Å². The van der Waals surface area contributed by atoms with Gasteiger partial charge in [0.2, 0.25) is 0 Å². The van der Waals surface area contributed by atoms with Crippen LogP contribution < -0.4 is 0 Å². The highest BCUT2D eigenvalue weighted by Gasteiger charge is 2.24. The quantitative estimate of drug-likeness (QED) is 0.719. The summed E-state index contributed by atoms with van der Waals surface area (Å²) >= 11 is 8.13. The molecule has 0 bridgehead atoms. The van der Waals surface area contributed by atoms with Crippen molar-refractivity contribution in [2.24, 2.45) is 5.92 Å². The van der Waals surface area contributed by atoms with Crippen molar-refractivity contribution < 1.29 is 0 Å². The van der Waals surface area contributed by atoms with Crippen LogP contribution in [0.15, 0.2) is 11.4 Å². The molecule has 3 heteroatoms. The van der Waals surface area contributed by atoms with Crippen molar-refractivity contribution in [1.82, 2.24) is 4.90 Å². The zero-order valence-electron chi connectivity index (χ0n) is 9.37.